The van der Waals surface area contributed by atoms with Crippen LogP contribution in [0.1, 0.15) is 19.4 Å². The Morgan fingerprint density at radius 3 is 2.45 bits per heavy atom. The van der Waals surface area contributed by atoms with E-state index in [9.17, 15) is 5.11 Å². The number of ether oxygens (including phenoxy) is 3. The number of β-amino-alcohol motifs (C(OH)–C–C–N with tert-alkyl or cyclic N) is 1. The van der Waals surface area contributed by atoms with Crippen LogP contribution in [0.15, 0.2) is 24.3 Å². The maximum atomic E-state index is 10.1. The summed E-state index contributed by atoms with van der Waals surface area (Å²) in [6, 6.07) is 7.75. The van der Waals surface area contributed by atoms with Crippen molar-refractivity contribution in [2.45, 2.75) is 38.8 Å². The van der Waals surface area contributed by atoms with Crippen molar-refractivity contribution >= 4 is 0 Å². The largest absolute Gasteiger partial charge is 0.497 e. The summed E-state index contributed by atoms with van der Waals surface area (Å²) in [5.74, 6) is 0.833. The van der Waals surface area contributed by atoms with Crippen LogP contribution in [0.3, 0.4) is 0 Å². The van der Waals surface area contributed by atoms with Crippen molar-refractivity contribution in [2.75, 3.05) is 33.4 Å². The van der Waals surface area contributed by atoms with Gasteiger partial charge in [0.2, 0.25) is 0 Å². The molecule has 1 aliphatic heterocycles. The quantitative estimate of drug-likeness (QED) is 0.830. The van der Waals surface area contributed by atoms with Crippen molar-refractivity contribution in [1.82, 2.24) is 4.90 Å². The fraction of sp³-hybridized carbons (Fsp3) is 0.647. The normalized spacial score (nSPS) is 24.2. The first-order valence-corrected chi connectivity index (χ1v) is 7.83. The predicted octanol–water partition coefficient (Wildman–Crippen LogP) is 1.68. The van der Waals surface area contributed by atoms with Crippen molar-refractivity contribution in [3.63, 3.8) is 0 Å². The van der Waals surface area contributed by atoms with Crippen LogP contribution in [0.25, 0.3) is 0 Å². The third-order valence-corrected chi connectivity index (χ3v) is 3.70. The zero-order valence-corrected chi connectivity index (χ0v) is 13.7. The number of aliphatic hydroxyl groups is 1. The Morgan fingerprint density at radius 1 is 1.23 bits per heavy atom. The topological polar surface area (TPSA) is 51.2 Å². The second-order valence-electron chi connectivity index (χ2n) is 5.99. The summed E-state index contributed by atoms with van der Waals surface area (Å²) in [4.78, 5) is 2.24. The van der Waals surface area contributed by atoms with Crippen LogP contribution in [0.5, 0.6) is 5.75 Å². The van der Waals surface area contributed by atoms with Crippen LogP contribution in [0.2, 0.25) is 0 Å². The minimum atomic E-state index is -0.476. The van der Waals surface area contributed by atoms with Crippen LogP contribution >= 0.6 is 0 Å². The number of aliphatic hydroxyl groups excluding tert-OH is 1. The SMILES string of the molecule is COc1ccc(COC[C@H](O)CN2C[C@@H](C)O[C@H](C)C2)cc1. The summed E-state index contributed by atoms with van der Waals surface area (Å²) >= 11 is 0. The number of nitrogens with zero attached hydrogens (tertiary/aromatic N) is 1. The number of methoxy groups -OCH3 is 1. The van der Waals surface area contributed by atoms with Gasteiger partial charge in [-0.1, -0.05) is 12.1 Å². The number of hydrogen-bond donors (Lipinski definition) is 1. The molecule has 0 aromatic heterocycles. The molecule has 0 bridgehead atoms. The lowest BCUT2D eigenvalue weighted by Gasteiger charge is -2.36. The van der Waals surface area contributed by atoms with Gasteiger partial charge in [0.25, 0.3) is 0 Å². The third-order valence-electron chi connectivity index (χ3n) is 3.70. The Bertz CT molecular complexity index is 427. The van der Waals surface area contributed by atoms with Gasteiger partial charge in [0.05, 0.1) is 38.6 Å². The Kier molecular flexibility index (Phi) is 6.64. The Hall–Kier alpha value is -1.14. The predicted molar refractivity (Wildman–Crippen MR) is 85.1 cm³/mol. The third kappa shape index (κ3) is 5.57. The maximum Gasteiger partial charge on any atom is 0.118 e. The summed E-state index contributed by atoms with van der Waals surface area (Å²) in [6.07, 6.45) is -0.0388. The van der Waals surface area contributed by atoms with Crippen molar-refractivity contribution in [1.29, 1.82) is 0 Å². The maximum absolute atomic E-state index is 10.1. The van der Waals surface area contributed by atoms with Crippen LogP contribution in [0.4, 0.5) is 0 Å². The number of hydrogen-bond acceptors (Lipinski definition) is 5. The molecule has 22 heavy (non-hydrogen) atoms. The van der Waals surface area contributed by atoms with E-state index in [2.05, 4.69) is 18.7 Å². The molecule has 0 radical (unpaired) electrons. The molecule has 3 atom stereocenters. The number of rotatable bonds is 7. The van der Waals surface area contributed by atoms with Gasteiger partial charge in [0, 0.05) is 19.6 Å². The second kappa shape index (κ2) is 8.48. The average Bonchev–Trinajstić information content (AvgIpc) is 2.47. The minimum Gasteiger partial charge on any atom is -0.497 e. The molecular weight excluding hydrogens is 282 g/mol. The van der Waals surface area contributed by atoms with E-state index in [0.717, 1.165) is 24.4 Å². The molecule has 0 unspecified atom stereocenters. The highest BCUT2D eigenvalue weighted by Crippen LogP contribution is 2.13. The van der Waals surface area contributed by atoms with Gasteiger partial charge in [0.15, 0.2) is 0 Å². The summed E-state index contributed by atoms with van der Waals surface area (Å²) in [5, 5.41) is 10.1. The standard InChI is InChI=1S/C17H27NO4/c1-13-8-18(9-14(2)22-13)10-16(19)12-21-11-15-4-6-17(20-3)7-5-15/h4-7,13-14,16,19H,8-12H2,1-3H3/t13-,14-,16-/m1/s1. The van der Waals surface area contributed by atoms with Gasteiger partial charge in [0.1, 0.15) is 5.75 Å². The van der Waals surface area contributed by atoms with E-state index < -0.39 is 6.10 Å². The highest BCUT2D eigenvalue weighted by Gasteiger charge is 2.23. The second-order valence-corrected chi connectivity index (χ2v) is 5.99. The van der Waals surface area contributed by atoms with Gasteiger partial charge in [-0.2, -0.15) is 0 Å². The van der Waals surface area contributed by atoms with Gasteiger partial charge in [-0.05, 0) is 31.5 Å². The zero-order chi connectivity index (χ0) is 15.9. The summed E-state index contributed by atoms with van der Waals surface area (Å²) in [6.45, 7) is 7.31. The molecule has 1 aromatic carbocycles. The van der Waals surface area contributed by atoms with E-state index in [-0.39, 0.29) is 12.2 Å². The molecule has 0 aliphatic carbocycles. The van der Waals surface area contributed by atoms with E-state index in [1.165, 1.54) is 0 Å². The van der Waals surface area contributed by atoms with E-state index >= 15 is 0 Å². The van der Waals surface area contributed by atoms with E-state index in [4.69, 9.17) is 14.2 Å². The summed E-state index contributed by atoms with van der Waals surface area (Å²) < 4.78 is 16.4. The fourth-order valence-corrected chi connectivity index (χ4v) is 2.82. The van der Waals surface area contributed by atoms with Crippen LogP contribution in [0, 0.1) is 0 Å². The molecule has 1 heterocycles. The van der Waals surface area contributed by atoms with Gasteiger partial charge < -0.3 is 19.3 Å². The first kappa shape index (κ1) is 17.2. The minimum absolute atomic E-state index is 0.219. The molecule has 1 aromatic rings. The van der Waals surface area contributed by atoms with Gasteiger partial charge in [-0.15, -0.1) is 0 Å². The highest BCUT2D eigenvalue weighted by molar-refractivity contribution is 5.26. The molecule has 124 valence electrons. The Morgan fingerprint density at radius 2 is 1.86 bits per heavy atom. The number of benzene rings is 1. The van der Waals surface area contributed by atoms with Crippen molar-refractivity contribution in [3.05, 3.63) is 29.8 Å². The average molecular weight is 309 g/mol. The first-order chi connectivity index (χ1) is 10.6. The van der Waals surface area contributed by atoms with E-state index in [0.29, 0.717) is 19.8 Å². The van der Waals surface area contributed by atoms with Crippen molar-refractivity contribution in [3.8, 4) is 5.75 Å². The van der Waals surface area contributed by atoms with E-state index in [1.54, 1.807) is 7.11 Å². The highest BCUT2D eigenvalue weighted by atomic mass is 16.5. The lowest BCUT2D eigenvalue weighted by Crippen LogP contribution is -2.48. The van der Waals surface area contributed by atoms with Gasteiger partial charge in [-0.3, -0.25) is 4.90 Å². The first-order valence-electron chi connectivity index (χ1n) is 7.83. The molecule has 5 nitrogen and oxygen atoms in total. The monoisotopic (exact) mass is 309 g/mol. The van der Waals surface area contributed by atoms with Gasteiger partial charge in [-0.25, -0.2) is 0 Å². The molecule has 0 amide bonds. The summed E-state index contributed by atoms with van der Waals surface area (Å²) in [5.41, 5.74) is 1.07. The molecule has 0 saturated carbocycles. The molecule has 1 saturated heterocycles. The summed E-state index contributed by atoms with van der Waals surface area (Å²) in [7, 11) is 1.65. The van der Waals surface area contributed by atoms with Gasteiger partial charge >= 0.3 is 0 Å². The van der Waals surface area contributed by atoms with Crippen LogP contribution < -0.4 is 4.74 Å². The fourth-order valence-electron chi connectivity index (χ4n) is 2.82. The molecule has 1 fully saturated rings. The van der Waals surface area contributed by atoms with Crippen LogP contribution in [-0.4, -0.2) is 61.7 Å². The lowest BCUT2D eigenvalue weighted by molar-refractivity contribution is -0.0826. The lowest BCUT2D eigenvalue weighted by atomic mass is 10.2. The zero-order valence-electron chi connectivity index (χ0n) is 13.7. The Labute approximate surface area is 132 Å². The molecule has 2 rings (SSSR count). The van der Waals surface area contributed by atoms with E-state index in [1.807, 2.05) is 24.3 Å². The Balaban J connectivity index is 1.67. The van der Waals surface area contributed by atoms with Crippen LogP contribution in [-0.2, 0) is 16.1 Å². The molecule has 1 N–H and O–H groups in total. The molecule has 0 spiro atoms. The smallest absolute Gasteiger partial charge is 0.118 e. The van der Waals surface area contributed by atoms with Crippen molar-refractivity contribution < 1.29 is 19.3 Å². The molecular formula is C17H27NO4. The molecule has 1 aliphatic rings. The molecule has 5 heteroatoms. The van der Waals surface area contributed by atoms with Crippen molar-refractivity contribution in [2.24, 2.45) is 0 Å². The number of morpholine rings is 1.